The second-order valence-electron chi connectivity index (χ2n) is 2.68. The minimum atomic E-state index is -1.66. The molecule has 0 aromatic carbocycles. The molecular weight excluding hydrogens is 204 g/mol. The summed E-state index contributed by atoms with van der Waals surface area (Å²) in [5, 5.41) is 17.6. The number of nitrogens with one attached hydrogen (secondary N) is 2. The third kappa shape index (κ3) is 2.10. The van der Waals surface area contributed by atoms with Crippen LogP contribution in [-0.2, 0) is 14.4 Å². The number of hydrogen-bond donors (Lipinski definition) is 4. The Kier molecular flexibility index (Phi) is 2.70. The lowest BCUT2D eigenvalue weighted by Gasteiger charge is -2.22. The van der Waals surface area contributed by atoms with Gasteiger partial charge in [-0.1, -0.05) is 0 Å². The zero-order valence-electron chi connectivity index (χ0n) is 7.43. The lowest BCUT2D eigenvalue weighted by molar-refractivity contribution is -0.154. The molecule has 0 aromatic rings. The first-order chi connectivity index (χ1) is 6.93. The second kappa shape index (κ2) is 3.78. The molecule has 8 nitrogen and oxygen atoms in total. The highest BCUT2D eigenvalue weighted by Crippen LogP contribution is 2.07. The summed E-state index contributed by atoms with van der Waals surface area (Å²) < 4.78 is 0. The normalized spacial score (nSPS) is 16.7. The quantitative estimate of drug-likeness (QED) is 0.238. The van der Waals surface area contributed by atoms with E-state index in [-0.39, 0.29) is 0 Å². The van der Waals surface area contributed by atoms with E-state index in [0.717, 1.165) is 12.2 Å². The average molecular weight is 212 g/mol. The average Bonchev–Trinajstić information content (AvgIpc) is 2.42. The van der Waals surface area contributed by atoms with Gasteiger partial charge in [0.05, 0.1) is 0 Å². The number of aliphatic carboxylic acids is 1. The highest BCUT2D eigenvalue weighted by Gasteiger charge is 2.36. The van der Waals surface area contributed by atoms with Gasteiger partial charge in [-0.3, -0.25) is 15.0 Å². The number of imide groups is 1. The smallest absolute Gasteiger partial charge is 0.347 e. The van der Waals surface area contributed by atoms with E-state index in [1.807, 2.05) is 5.32 Å². The summed E-state index contributed by atoms with van der Waals surface area (Å²) in [6.45, 7) is 0. The van der Waals surface area contributed by atoms with E-state index in [0.29, 0.717) is 4.90 Å². The molecule has 0 spiro atoms. The molecule has 80 valence electrons. The van der Waals surface area contributed by atoms with Crippen molar-refractivity contribution in [1.29, 1.82) is 5.41 Å². The van der Waals surface area contributed by atoms with Crippen molar-refractivity contribution in [2.24, 2.45) is 5.73 Å². The molecule has 1 aliphatic heterocycles. The third-order valence-corrected chi connectivity index (χ3v) is 1.63. The SMILES string of the molecule is N=C(N)NC(C(=O)O)N1C(=O)C=CC1=O. The molecular formula is C7H8N4O4. The molecule has 0 saturated carbocycles. The van der Waals surface area contributed by atoms with E-state index in [4.69, 9.17) is 16.2 Å². The lowest BCUT2D eigenvalue weighted by Crippen LogP contribution is -2.56. The van der Waals surface area contributed by atoms with E-state index in [2.05, 4.69) is 0 Å². The number of guanidine groups is 1. The van der Waals surface area contributed by atoms with Crippen LogP contribution in [-0.4, -0.2) is 39.9 Å². The Morgan fingerprint density at radius 2 is 1.93 bits per heavy atom. The van der Waals surface area contributed by atoms with Crippen molar-refractivity contribution in [3.8, 4) is 0 Å². The van der Waals surface area contributed by atoms with Crippen LogP contribution in [0, 0.1) is 5.41 Å². The van der Waals surface area contributed by atoms with Crippen LogP contribution >= 0.6 is 0 Å². The molecule has 2 amide bonds. The van der Waals surface area contributed by atoms with Crippen molar-refractivity contribution < 1.29 is 19.5 Å². The standard InChI is InChI=1S/C7H8N4O4/c8-7(9)10-5(6(14)15)11-3(12)1-2-4(11)13/h1-2,5H,(H,14,15)(H4,8,9,10). The topological polar surface area (TPSA) is 137 Å². The first-order valence-corrected chi connectivity index (χ1v) is 3.82. The summed E-state index contributed by atoms with van der Waals surface area (Å²) in [7, 11) is 0. The Morgan fingerprint density at radius 1 is 1.47 bits per heavy atom. The molecule has 0 bridgehead atoms. The van der Waals surface area contributed by atoms with Gasteiger partial charge >= 0.3 is 5.97 Å². The summed E-state index contributed by atoms with van der Waals surface area (Å²) in [6, 6.07) is 0. The Labute approximate surface area is 83.8 Å². The Bertz CT molecular complexity index is 357. The highest BCUT2D eigenvalue weighted by atomic mass is 16.4. The van der Waals surface area contributed by atoms with Crippen LogP contribution in [0.3, 0.4) is 0 Å². The van der Waals surface area contributed by atoms with Gasteiger partial charge in [0.15, 0.2) is 5.96 Å². The molecule has 1 heterocycles. The van der Waals surface area contributed by atoms with Gasteiger partial charge in [0, 0.05) is 12.2 Å². The maximum Gasteiger partial charge on any atom is 0.347 e. The molecule has 0 fully saturated rings. The third-order valence-electron chi connectivity index (χ3n) is 1.63. The number of rotatable bonds is 3. The Hall–Kier alpha value is -2.38. The van der Waals surface area contributed by atoms with Crippen LogP contribution in [0.5, 0.6) is 0 Å². The molecule has 1 aliphatic rings. The number of nitrogens with two attached hydrogens (primary N) is 1. The van der Waals surface area contributed by atoms with E-state index >= 15 is 0 Å². The molecule has 15 heavy (non-hydrogen) atoms. The number of hydrogen-bond acceptors (Lipinski definition) is 4. The zero-order chi connectivity index (χ0) is 11.6. The van der Waals surface area contributed by atoms with Crippen molar-refractivity contribution in [3.05, 3.63) is 12.2 Å². The maximum atomic E-state index is 11.1. The Morgan fingerprint density at radius 3 is 2.27 bits per heavy atom. The van der Waals surface area contributed by atoms with Gasteiger partial charge in [0.2, 0.25) is 6.17 Å². The van der Waals surface area contributed by atoms with Crippen molar-refractivity contribution >= 4 is 23.7 Å². The van der Waals surface area contributed by atoms with E-state index in [9.17, 15) is 14.4 Å². The van der Waals surface area contributed by atoms with Gasteiger partial charge in [0.25, 0.3) is 11.8 Å². The molecule has 8 heteroatoms. The second-order valence-corrected chi connectivity index (χ2v) is 2.68. The van der Waals surface area contributed by atoms with Crippen LogP contribution < -0.4 is 11.1 Å². The minimum absolute atomic E-state index is 0.462. The number of nitrogens with zero attached hydrogens (tertiary/aromatic N) is 1. The van der Waals surface area contributed by atoms with Gasteiger partial charge < -0.3 is 16.2 Å². The molecule has 0 aromatic heterocycles. The molecule has 1 unspecified atom stereocenters. The largest absolute Gasteiger partial charge is 0.478 e. The van der Waals surface area contributed by atoms with Crippen LogP contribution in [0.1, 0.15) is 0 Å². The van der Waals surface area contributed by atoms with E-state index in [1.165, 1.54) is 0 Å². The van der Waals surface area contributed by atoms with Gasteiger partial charge in [-0.05, 0) is 0 Å². The maximum absolute atomic E-state index is 11.1. The van der Waals surface area contributed by atoms with Crippen molar-refractivity contribution in [2.75, 3.05) is 0 Å². The number of carbonyl (C=O) groups is 3. The molecule has 0 aliphatic carbocycles. The van der Waals surface area contributed by atoms with E-state index in [1.54, 1.807) is 0 Å². The highest BCUT2D eigenvalue weighted by molar-refractivity contribution is 6.14. The van der Waals surface area contributed by atoms with Crippen LogP contribution in [0.4, 0.5) is 0 Å². The summed E-state index contributed by atoms with van der Waals surface area (Å²) in [5.41, 5.74) is 4.93. The number of carboxylic acids is 1. The minimum Gasteiger partial charge on any atom is -0.478 e. The van der Waals surface area contributed by atoms with Crippen molar-refractivity contribution in [3.63, 3.8) is 0 Å². The fraction of sp³-hybridized carbons (Fsp3) is 0.143. The first-order valence-electron chi connectivity index (χ1n) is 3.82. The number of carbonyl (C=O) groups excluding carboxylic acids is 2. The molecule has 1 rings (SSSR count). The lowest BCUT2D eigenvalue weighted by atomic mass is 10.4. The van der Waals surface area contributed by atoms with Crippen molar-refractivity contribution in [1.82, 2.24) is 10.2 Å². The predicted molar refractivity (Wildman–Crippen MR) is 47.5 cm³/mol. The summed E-state index contributed by atoms with van der Waals surface area (Å²) >= 11 is 0. The molecule has 1 atom stereocenters. The van der Waals surface area contributed by atoms with Crippen LogP contribution in [0.15, 0.2) is 12.2 Å². The Balaban J connectivity index is 2.90. The molecule has 5 N–H and O–H groups in total. The fourth-order valence-electron chi connectivity index (χ4n) is 1.05. The fourth-order valence-corrected chi connectivity index (χ4v) is 1.05. The van der Waals surface area contributed by atoms with Gasteiger partial charge in [-0.15, -0.1) is 0 Å². The van der Waals surface area contributed by atoms with Gasteiger partial charge in [-0.2, -0.15) is 0 Å². The van der Waals surface area contributed by atoms with Gasteiger partial charge in [-0.25, -0.2) is 9.69 Å². The van der Waals surface area contributed by atoms with Crippen molar-refractivity contribution in [2.45, 2.75) is 6.17 Å². The van der Waals surface area contributed by atoms with Crippen LogP contribution in [0.25, 0.3) is 0 Å². The first kappa shape index (κ1) is 10.7. The zero-order valence-corrected chi connectivity index (χ0v) is 7.43. The van der Waals surface area contributed by atoms with E-state index < -0.39 is 29.9 Å². The molecule has 0 radical (unpaired) electrons. The summed E-state index contributed by atoms with van der Waals surface area (Å²) in [4.78, 5) is 33.4. The monoisotopic (exact) mass is 212 g/mol. The summed E-state index contributed by atoms with van der Waals surface area (Å²) in [5.74, 6) is -3.65. The number of amides is 2. The molecule has 0 saturated heterocycles. The number of carboxylic acid groups (broad SMARTS) is 1. The predicted octanol–water partition coefficient (Wildman–Crippen LogP) is -2.19. The van der Waals surface area contributed by atoms with Crippen LogP contribution in [0.2, 0.25) is 0 Å². The van der Waals surface area contributed by atoms with Gasteiger partial charge in [0.1, 0.15) is 0 Å². The summed E-state index contributed by atoms with van der Waals surface area (Å²) in [6.07, 6.45) is 0.234.